The smallest absolute Gasteiger partial charge is 0.264 e. The number of aliphatic hydroxyl groups is 1. The Labute approximate surface area is 413 Å². The SMILES string of the molecule is N=c1c2c(-c3ccccc3)c(-c3ccccc3)n(Cc3cccc(C#CCCCCC(=O)NCCCCCCNc4cccc5c4C(=O)N(C4CCC(=O)NC4=O)C5=O)c3)c2ncn1C1CCC(O)CC1. The third-order valence-electron chi connectivity index (χ3n) is 13.9. The van der Waals surface area contributed by atoms with Gasteiger partial charge in [-0.15, -0.1) is 0 Å². The molecule has 1 unspecified atom stereocenters. The Hall–Kier alpha value is -7.63. The molecule has 71 heavy (non-hydrogen) atoms. The molecule has 5 N–H and O–H groups in total. The number of hydrogen-bond donors (Lipinski definition) is 5. The summed E-state index contributed by atoms with van der Waals surface area (Å²) in [5.41, 5.74) is 8.27. The van der Waals surface area contributed by atoms with Crippen molar-refractivity contribution in [2.75, 3.05) is 18.4 Å². The number of aliphatic hydroxyl groups excluding tert-OH is 1. The molecule has 9 rings (SSSR count). The molecule has 1 aliphatic carbocycles. The van der Waals surface area contributed by atoms with Crippen LogP contribution in [0.5, 0.6) is 0 Å². The normalized spacial score (nSPS) is 17.7. The fraction of sp³-hybridized carbons (Fsp3) is 0.351. The summed E-state index contributed by atoms with van der Waals surface area (Å²) in [5, 5.41) is 29.3. The first-order valence-corrected chi connectivity index (χ1v) is 25.1. The van der Waals surface area contributed by atoms with E-state index < -0.39 is 29.7 Å². The molecule has 14 heteroatoms. The number of benzene rings is 4. The monoisotopic (exact) mass is 952 g/mol. The highest BCUT2D eigenvalue weighted by Gasteiger charge is 2.45. The lowest BCUT2D eigenvalue weighted by atomic mass is 9.93. The maximum atomic E-state index is 13.3. The first-order valence-electron chi connectivity index (χ1n) is 25.1. The number of amides is 5. The lowest BCUT2D eigenvalue weighted by molar-refractivity contribution is -0.136. The lowest BCUT2D eigenvalue weighted by Crippen LogP contribution is -2.54. The third kappa shape index (κ3) is 10.9. The summed E-state index contributed by atoms with van der Waals surface area (Å²) in [5.74, 6) is 4.61. The van der Waals surface area contributed by atoms with Crippen LogP contribution in [0.15, 0.2) is 109 Å². The number of carbonyl (C=O) groups is 5. The van der Waals surface area contributed by atoms with E-state index in [1.54, 1.807) is 18.2 Å². The molecule has 0 spiro atoms. The molecule has 1 saturated carbocycles. The number of unbranched alkanes of at least 4 members (excludes halogenated alkanes) is 5. The standard InChI is InChI=1S/C57H60N8O6/c58-53-51-49(40-20-8-5-9-21-40)52(41-22-10-6-11-23-41)63(54(51)61-37-64(53)42-27-29-43(66)30-28-42)36-39-19-15-18-38(35-39)17-7-1-2-12-26-47(67)60-34-14-4-3-13-33-59-45-25-16-24-44-50(45)57(71)65(56(44)70)46-31-32-48(68)62-55(46)69/h5-6,8-11,15-16,18-25,35,37,42-43,46,58-59,66H,1-4,12-14,26-34,36H2,(H,60,67)(H,62,68,69). The van der Waals surface area contributed by atoms with Crippen LogP contribution in [-0.4, -0.2) is 78.9 Å². The van der Waals surface area contributed by atoms with E-state index in [9.17, 15) is 34.5 Å². The minimum Gasteiger partial charge on any atom is -0.393 e. The predicted octanol–water partition coefficient (Wildman–Crippen LogP) is 8.28. The number of carbonyl (C=O) groups excluding carboxylic acids is 5. The lowest BCUT2D eigenvalue weighted by Gasteiger charge is -2.27. The molecular formula is C57H60N8O6. The number of nitrogens with zero attached hydrogens (tertiary/aromatic N) is 4. The van der Waals surface area contributed by atoms with Crippen LogP contribution in [0.1, 0.15) is 128 Å². The van der Waals surface area contributed by atoms with Gasteiger partial charge in [-0.25, -0.2) is 4.98 Å². The van der Waals surface area contributed by atoms with Crippen molar-refractivity contribution >= 4 is 46.3 Å². The Morgan fingerprint density at radius 2 is 1.51 bits per heavy atom. The number of hydrogen-bond acceptors (Lipinski definition) is 9. The zero-order valence-corrected chi connectivity index (χ0v) is 39.9. The largest absolute Gasteiger partial charge is 0.393 e. The van der Waals surface area contributed by atoms with E-state index in [0.29, 0.717) is 43.7 Å². The summed E-state index contributed by atoms with van der Waals surface area (Å²) in [6, 6.07) is 33.1. The maximum absolute atomic E-state index is 13.3. The Bertz CT molecular complexity index is 3070. The van der Waals surface area contributed by atoms with E-state index in [2.05, 4.69) is 68.8 Å². The molecule has 14 nitrogen and oxygen atoms in total. The molecule has 2 fully saturated rings. The molecular weight excluding hydrogens is 893 g/mol. The Morgan fingerprint density at radius 3 is 2.27 bits per heavy atom. The fourth-order valence-electron chi connectivity index (χ4n) is 10.2. The van der Waals surface area contributed by atoms with E-state index in [1.165, 1.54) is 0 Å². The Morgan fingerprint density at radius 1 is 0.775 bits per heavy atom. The van der Waals surface area contributed by atoms with E-state index in [1.807, 2.05) is 59.4 Å². The van der Waals surface area contributed by atoms with Gasteiger partial charge in [0.05, 0.1) is 34.6 Å². The predicted molar refractivity (Wildman–Crippen MR) is 272 cm³/mol. The zero-order valence-electron chi connectivity index (χ0n) is 39.9. The van der Waals surface area contributed by atoms with Crippen molar-refractivity contribution in [1.82, 2.24) is 29.7 Å². The van der Waals surface area contributed by atoms with Crippen molar-refractivity contribution in [2.24, 2.45) is 0 Å². The van der Waals surface area contributed by atoms with Gasteiger partial charge in [0.1, 0.15) is 17.2 Å². The van der Waals surface area contributed by atoms with Crippen molar-refractivity contribution < 1.29 is 29.1 Å². The molecule has 0 radical (unpaired) electrons. The van der Waals surface area contributed by atoms with Crippen molar-refractivity contribution in [1.29, 1.82) is 5.41 Å². The van der Waals surface area contributed by atoms with E-state index >= 15 is 0 Å². The highest BCUT2D eigenvalue weighted by molar-refractivity contribution is 6.25. The van der Waals surface area contributed by atoms with E-state index in [0.717, 1.165) is 114 Å². The number of nitrogens with one attached hydrogen (secondary N) is 4. The molecule has 6 aromatic rings. The number of fused-ring (bicyclic) bond motifs is 2. The van der Waals surface area contributed by atoms with Crippen molar-refractivity contribution in [2.45, 2.75) is 115 Å². The molecule has 4 aromatic carbocycles. The summed E-state index contributed by atoms with van der Waals surface area (Å²) in [6.07, 6.45) is 11.0. The summed E-state index contributed by atoms with van der Waals surface area (Å²) in [6.45, 7) is 1.72. The van der Waals surface area contributed by atoms with Gasteiger partial charge in [-0.2, -0.15) is 0 Å². The number of rotatable bonds is 18. The van der Waals surface area contributed by atoms with Gasteiger partial charge in [-0.3, -0.25) is 39.6 Å². The molecule has 1 saturated heterocycles. The quantitative estimate of drug-likeness (QED) is 0.0323. The maximum Gasteiger partial charge on any atom is 0.264 e. The third-order valence-corrected chi connectivity index (χ3v) is 13.9. The van der Waals surface area contributed by atoms with Crippen LogP contribution in [0, 0.1) is 17.3 Å². The second-order valence-corrected chi connectivity index (χ2v) is 18.8. The molecule has 5 amide bonds. The van der Waals surface area contributed by atoms with Gasteiger partial charge in [-0.05, 0) is 98.7 Å². The minimum absolute atomic E-state index is 0.0364. The molecule has 3 aliphatic rings. The zero-order chi connectivity index (χ0) is 49.3. The summed E-state index contributed by atoms with van der Waals surface area (Å²) < 4.78 is 4.25. The average molecular weight is 953 g/mol. The Kier molecular flexibility index (Phi) is 15.3. The summed E-state index contributed by atoms with van der Waals surface area (Å²) >= 11 is 0. The van der Waals surface area contributed by atoms with E-state index in [4.69, 9.17) is 4.98 Å². The summed E-state index contributed by atoms with van der Waals surface area (Å²) in [4.78, 5) is 69.2. The topological polar surface area (TPSA) is 192 Å². The number of anilines is 1. The van der Waals surface area contributed by atoms with Gasteiger partial charge in [0.2, 0.25) is 17.7 Å². The fourth-order valence-corrected chi connectivity index (χ4v) is 10.2. The first-order chi connectivity index (χ1) is 34.7. The van der Waals surface area contributed by atoms with Gasteiger partial charge >= 0.3 is 0 Å². The molecule has 0 bridgehead atoms. The second kappa shape index (κ2) is 22.4. The van der Waals surface area contributed by atoms with Crippen LogP contribution >= 0.6 is 0 Å². The van der Waals surface area contributed by atoms with Crippen molar-refractivity contribution in [3.8, 4) is 34.2 Å². The molecule has 4 heterocycles. The first kappa shape index (κ1) is 48.4. The van der Waals surface area contributed by atoms with Gasteiger partial charge in [0, 0.05) is 61.8 Å². The minimum atomic E-state index is -1.00. The molecule has 364 valence electrons. The van der Waals surface area contributed by atoms with Gasteiger partial charge in [0.15, 0.2) is 0 Å². The van der Waals surface area contributed by atoms with Crippen molar-refractivity contribution in [3.05, 3.63) is 137 Å². The molecule has 2 aromatic heterocycles. The summed E-state index contributed by atoms with van der Waals surface area (Å²) in [7, 11) is 0. The van der Waals surface area contributed by atoms with Gasteiger partial charge in [-0.1, -0.05) is 104 Å². The Balaban J connectivity index is 0.742. The average Bonchev–Trinajstić information content (AvgIpc) is 3.84. The highest BCUT2D eigenvalue weighted by Crippen LogP contribution is 2.40. The van der Waals surface area contributed by atoms with Crippen LogP contribution in [0.3, 0.4) is 0 Å². The van der Waals surface area contributed by atoms with E-state index in [-0.39, 0.29) is 42.0 Å². The molecule has 2 aliphatic heterocycles. The van der Waals surface area contributed by atoms with Crippen LogP contribution in [0.25, 0.3) is 33.4 Å². The molecule has 1 atom stereocenters. The number of aromatic nitrogens is 3. The van der Waals surface area contributed by atoms with Gasteiger partial charge in [0.25, 0.3) is 11.8 Å². The number of imide groups is 2. The van der Waals surface area contributed by atoms with Crippen LogP contribution in [0.4, 0.5) is 5.69 Å². The van der Waals surface area contributed by atoms with Crippen LogP contribution in [0.2, 0.25) is 0 Å². The van der Waals surface area contributed by atoms with Crippen LogP contribution < -0.4 is 21.4 Å². The van der Waals surface area contributed by atoms with Crippen LogP contribution in [-0.2, 0) is 20.9 Å². The second-order valence-electron chi connectivity index (χ2n) is 18.8. The van der Waals surface area contributed by atoms with Crippen molar-refractivity contribution in [3.63, 3.8) is 0 Å². The number of piperidine rings is 1. The van der Waals surface area contributed by atoms with Gasteiger partial charge < -0.3 is 24.9 Å². The highest BCUT2D eigenvalue weighted by atomic mass is 16.3.